The lowest BCUT2D eigenvalue weighted by atomic mass is 10.5. The lowest BCUT2D eigenvalue weighted by Crippen LogP contribution is -2.21. The molecular weight excluding hydrogens is 264 g/mol. The average Bonchev–Trinajstić information content (AvgIpc) is 2.25. The third kappa shape index (κ3) is 4.82. The minimum atomic E-state index is -0.896. The van der Waals surface area contributed by atoms with Gasteiger partial charge in [0.15, 0.2) is 0 Å². The number of hydrogen-bond acceptors (Lipinski definition) is 6. The highest BCUT2D eigenvalue weighted by atomic mass is 35.5. The van der Waals surface area contributed by atoms with Crippen molar-refractivity contribution < 1.29 is 8.95 Å². The first-order valence-electron chi connectivity index (χ1n) is 5.13. The molecule has 1 rings (SSSR count). The van der Waals surface area contributed by atoms with Gasteiger partial charge in [-0.05, 0) is 25.4 Å². The summed E-state index contributed by atoms with van der Waals surface area (Å²) in [5.74, 6) is 0.325. The van der Waals surface area contributed by atoms with Crippen LogP contribution in [0.25, 0.3) is 0 Å². The fourth-order valence-electron chi connectivity index (χ4n) is 0.957. The second kappa shape index (κ2) is 6.70. The monoisotopic (exact) mass is 278 g/mol. The second-order valence-electron chi connectivity index (χ2n) is 3.33. The van der Waals surface area contributed by atoms with Crippen molar-refractivity contribution in [2.24, 2.45) is 0 Å². The van der Waals surface area contributed by atoms with Crippen LogP contribution in [-0.4, -0.2) is 43.8 Å². The Morgan fingerprint density at radius 2 is 2.18 bits per heavy atom. The van der Waals surface area contributed by atoms with E-state index >= 15 is 0 Å². The van der Waals surface area contributed by atoms with Crippen molar-refractivity contribution in [3.63, 3.8) is 0 Å². The molecule has 0 fully saturated rings. The zero-order valence-electron chi connectivity index (χ0n) is 9.94. The first-order chi connectivity index (χ1) is 8.02. The van der Waals surface area contributed by atoms with E-state index in [9.17, 15) is 4.21 Å². The first kappa shape index (κ1) is 14.1. The Hall–Kier alpha value is -0.950. The molecule has 0 saturated heterocycles. The standard InChI is InChI=1S/C9H15ClN4O2S/c1-4-16-9-13-7(10)12-8(14-9)11-5-6(2)17(3)15/h6H,4-5H2,1-3H3,(H,11,12,13,14). The fourth-order valence-corrected chi connectivity index (χ4v) is 1.43. The maximum atomic E-state index is 11.2. The predicted molar refractivity (Wildman–Crippen MR) is 68.0 cm³/mol. The van der Waals surface area contributed by atoms with E-state index in [1.165, 1.54) is 0 Å². The van der Waals surface area contributed by atoms with Gasteiger partial charge in [0.2, 0.25) is 11.2 Å². The van der Waals surface area contributed by atoms with E-state index in [2.05, 4.69) is 20.3 Å². The highest BCUT2D eigenvalue weighted by Gasteiger charge is 2.09. The highest BCUT2D eigenvalue weighted by molar-refractivity contribution is 7.84. The van der Waals surface area contributed by atoms with Crippen LogP contribution in [0.1, 0.15) is 13.8 Å². The Morgan fingerprint density at radius 1 is 1.47 bits per heavy atom. The molecule has 96 valence electrons. The molecule has 0 radical (unpaired) electrons. The summed E-state index contributed by atoms with van der Waals surface area (Å²) in [6.07, 6.45) is 1.65. The Morgan fingerprint density at radius 3 is 2.76 bits per heavy atom. The van der Waals surface area contributed by atoms with Gasteiger partial charge < -0.3 is 10.1 Å². The average molecular weight is 279 g/mol. The summed E-state index contributed by atoms with van der Waals surface area (Å²) >= 11 is 5.72. The second-order valence-corrected chi connectivity index (χ2v) is 5.47. The Labute approximate surface area is 108 Å². The van der Waals surface area contributed by atoms with Gasteiger partial charge >= 0.3 is 6.01 Å². The fraction of sp³-hybridized carbons (Fsp3) is 0.667. The van der Waals surface area contributed by atoms with Gasteiger partial charge in [0, 0.05) is 28.9 Å². The van der Waals surface area contributed by atoms with E-state index in [0.29, 0.717) is 19.1 Å². The Balaban J connectivity index is 2.67. The number of anilines is 1. The summed E-state index contributed by atoms with van der Waals surface area (Å²) in [5, 5.41) is 3.01. The van der Waals surface area contributed by atoms with Crippen LogP contribution in [0.15, 0.2) is 0 Å². The van der Waals surface area contributed by atoms with Crippen LogP contribution in [0, 0.1) is 0 Å². The lowest BCUT2D eigenvalue weighted by molar-refractivity contribution is 0.312. The molecule has 17 heavy (non-hydrogen) atoms. The molecule has 0 aliphatic rings. The summed E-state index contributed by atoms with van der Waals surface area (Å²) in [6, 6.07) is 0.181. The molecule has 0 amide bonds. The van der Waals surface area contributed by atoms with Gasteiger partial charge in [0.1, 0.15) is 0 Å². The number of halogens is 1. The third-order valence-electron chi connectivity index (χ3n) is 1.98. The Bertz CT molecular complexity index is 405. The summed E-state index contributed by atoms with van der Waals surface area (Å²) in [4.78, 5) is 11.7. The van der Waals surface area contributed by atoms with E-state index in [4.69, 9.17) is 16.3 Å². The van der Waals surface area contributed by atoms with Gasteiger partial charge in [-0.25, -0.2) is 0 Å². The maximum Gasteiger partial charge on any atom is 0.322 e. The molecule has 1 N–H and O–H groups in total. The molecule has 0 bridgehead atoms. The molecule has 0 aliphatic carbocycles. The van der Waals surface area contributed by atoms with E-state index in [-0.39, 0.29) is 16.5 Å². The van der Waals surface area contributed by atoms with Crippen molar-refractivity contribution in [3.8, 4) is 6.01 Å². The van der Waals surface area contributed by atoms with Crippen LogP contribution in [0.5, 0.6) is 6.01 Å². The summed E-state index contributed by atoms with van der Waals surface area (Å²) in [6.45, 7) is 4.65. The normalized spacial score (nSPS) is 14.1. The quantitative estimate of drug-likeness (QED) is 0.840. The van der Waals surface area contributed by atoms with E-state index in [1.807, 2.05) is 13.8 Å². The maximum absolute atomic E-state index is 11.2. The molecule has 0 aliphatic heterocycles. The lowest BCUT2D eigenvalue weighted by Gasteiger charge is -2.10. The number of aromatic nitrogens is 3. The van der Waals surface area contributed by atoms with Gasteiger partial charge in [-0.3, -0.25) is 4.21 Å². The van der Waals surface area contributed by atoms with Gasteiger partial charge in [0.05, 0.1) is 6.61 Å². The topological polar surface area (TPSA) is 77.0 Å². The molecule has 0 saturated carbocycles. The minimum absolute atomic E-state index is 0.00100. The van der Waals surface area contributed by atoms with E-state index in [1.54, 1.807) is 6.26 Å². The number of ether oxygens (including phenoxy) is 1. The molecule has 8 heteroatoms. The van der Waals surface area contributed by atoms with Gasteiger partial charge in [-0.2, -0.15) is 15.0 Å². The molecule has 2 unspecified atom stereocenters. The number of nitrogens with zero attached hydrogens (tertiary/aromatic N) is 3. The largest absolute Gasteiger partial charge is 0.464 e. The molecule has 0 aromatic carbocycles. The zero-order valence-corrected chi connectivity index (χ0v) is 11.5. The van der Waals surface area contributed by atoms with Crippen molar-refractivity contribution in [2.45, 2.75) is 19.1 Å². The van der Waals surface area contributed by atoms with Crippen LogP contribution >= 0.6 is 11.6 Å². The molecule has 1 aromatic rings. The highest BCUT2D eigenvalue weighted by Crippen LogP contribution is 2.11. The van der Waals surface area contributed by atoms with Crippen LogP contribution in [0.2, 0.25) is 5.28 Å². The van der Waals surface area contributed by atoms with Gasteiger partial charge in [0.25, 0.3) is 0 Å². The smallest absolute Gasteiger partial charge is 0.322 e. The number of nitrogens with one attached hydrogen (secondary N) is 1. The molecule has 6 nitrogen and oxygen atoms in total. The minimum Gasteiger partial charge on any atom is -0.464 e. The molecule has 1 heterocycles. The number of rotatable bonds is 6. The van der Waals surface area contributed by atoms with Crippen LogP contribution in [-0.2, 0) is 10.8 Å². The van der Waals surface area contributed by atoms with E-state index < -0.39 is 10.8 Å². The summed E-state index contributed by atoms with van der Waals surface area (Å²) in [7, 11) is -0.896. The van der Waals surface area contributed by atoms with Crippen molar-refractivity contribution in [2.75, 3.05) is 24.7 Å². The SMILES string of the molecule is CCOc1nc(Cl)nc(NCC(C)S(C)=O)n1. The summed E-state index contributed by atoms with van der Waals surface area (Å²) < 4.78 is 16.3. The van der Waals surface area contributed by atoms with Crippen molar-refractivity contribution in [3.05, 3.63) is 5.28 Å². The predicted octanol–water partition coefficient (Wildman–Crippen LogP) is 1.10. The zero-order chi connectivity index (χ0) is 12.8. The van der Waals surface area contributed by atoms with Crippen LogP contribution < -0.4 is 10.1 Å². The molecule has 0 spiro atoms. The van der Waals surface area contributed by atoms with Crippen LogP contribution in [0.4, 0.5) is 5.95 Å². The third-order valence-corrected chi connectivity index (χ3v) is 3.44. The van der Waals surface area contributed by atoms with Crippen LogP contribution in [0.3, 0.4) is 0 Å². The summed E-state index contributed by atoms with van der Waals surface area (Å²) in [5.41, 5.74) is 0. The van der Waals surface area contributed by atoms with E-state index in [0.717, 1.165) is 0 Å². The molecular formula is C9H15ClN4O2S. The first-order valence-corrected chi connectivity index (χ1v) is 7.13. The van der Waals surface area contributed by atoms with Crippen molar-refractivity contribution in [1.82, 2.24) is 15.0 Å². The van der Waals surface area contributed by atoms with Gasteiger partial charge in [-0.1, -0.05) is 0 Å². The molecule has 1 aromatic heterocycles. The van der Waals surface area contributed by atoms with Crippen molar-refractivity contribution >= 4 is 28.3 Å². The Kier molecular flexibility index (Phi) is 5.57. The van der Waals surface area contributed by atoms with Gasteiger partial charge in [-0.15, -0.1) is 0 Å². The molecule has 2 atom stereocenters. The number of hydrogen-bond donors (Lipinski definition) is 1. The van der Waals surface area contributed by atoms with Crippen molar-refractivity contribution in [1.29, 1.82) is 0 Å².